The lowest BCUT2D eigenvalue weighted by atomic mass is 10.3. The van der Waals surface area contributed by atoms with Crippen molar-refractivity contribution < 1.29 is 23.5 Å². The van der Waals surface area contributed by atoms with Crippen molar-refractivity contribution >= 4 is 39.2 Å². The Labute approximate surface area is 247 Å². The minimum absolute atomic E-state index is 0.0196. The third kappa shape index (κ3) is 7.22. The van der Waals surface area contributed by atoms with Gasteiger partial charge in [-0.1, -0.05) is 0 Å². The fraction of sp³-hybridized carbons (Fsp3) is 0.379. The third-order valence-corrected chi connectivity index (χ3v) is 7.84. The van der Waals surface area contributed by atoms with Crippen LogP contribution in [0.2, 0.25) is 0 Å². The minimum atomic E-state index is -0.615. The van der Waals surface area contributed by atoms with Crippen LogP contribution in [-0.2, 0) is 23.0 Å². The number of imidazole rings is 1. The van der Waals surface area contributed by atoms with Gasteiger partial charge in [0.15, 0.2) is 11.6 Å². The van der Waals surface area contributed by atoms with E-state index >= 15 is 0 Å². The molecule has 4 heterocycles. The van der Waals surface area contributed by atoms with Crippen LogP contribution in [0.3, 0.4) is 0 Å². The van der Waals surface area contributed by atoms with Gasteiger partial charge in [-0.2, -0.15) is 0 Å². The Morgan fingerprint density at radius 1 is 1.14 bits per heavy atom. The monoisotopic (exact) mass is 595 g/mol. The second-order valence-corrected chi connectivity index (χ2v) is 11.3. The number of hydrogen-bond donors (Lipinski definition) is 3. The zero-order valence-electron chi connectivity index (χ0n) is 23.8. The SMILES string of the molecule is CC(C)NC(=O)Nc1ccc(Oc2ccnc3cc(-c4ncc(CC(=O)NCCN5CCOCC5)n4C)sc23)c(F)c1. The summed E-state index contributed by atoms with van der Waals surface area (Å²) in [6, 6.07) is 7.37. The molecule has 5 rings (SSSR count). The molecule has 0 unspecified atom stereocenters. The van der Waals surface area contributed by atoms with Crippen LogP contribution in [0.15, 0.2) is 42.7 Å². The highest BCUT2D eigenvalue weighted by atomic mass is 32.1. The van der Waals surface area contributed by atoms with Gasteiger partial charge in [0.2, 0.25) is 5.91 Å². The standard InChI is InChI=1S/C29H34FN7O4S/c1-18(2)34-29(39)35-19-4-5-23(21(30)14-19)41-24-6-7-31-22-16-25(42-27(22)24)28-33-17-20(36(28)3)15-26(38)32-8-9-37-10-12-40-13-11-37/h4-7,14,16-18H,8-13,15H2,1-3H3,(H,32,38)(H2,34,35,39). The summed E-state index contributed by atoms with van der Waals surface area (Å²) in [6.45, 7) is 8.28. The van der Waals surface area contributed by atoms with Gasteiger partial charge >= 0.3 is 6.03 Å². The molecule has 13 heteroatoms. The maximum absolute atomic E-state index is 14.9. The fourth-order valence-electron chi connectivity index (χ4n) is 4.56. The first-order valence-corrected chi connectivity index (χ1v) is 14.6. The number of amides is 3. The predicted molar refractivity (Wildman–Crippen MR) is 160 cm³/mol. The lowest BCUT2D eigenvalue weighted by molar-refractivity contribution is -0.120. The number of thiophene rings is 1. The van der Waals surface area contributed by atoms with Gasteiger partial charge in [-0.3, -0.25) is 14.7 Å². The number of urea groups is 1. The van der Waals surface area contributed by atoms with Crippen molar-refractivity contribution in [3.05, 3.63) is 54.2 Å². The van der Waals surface area contributed by atoms with Gasteiger partial charge in [-0.15, -0.1) is 11.3 Å². The number of rotatable bonds is 10. The zero-order chi connectivity index (χ0) is 29.6. The van der Waals surface area contributed by atoms with E-state index in [1.54, 1.807) is 24.5 Å². The summed E-state index contributed by atoms with van der Waals surface area (Å²) in [6.07, 6.45) is 3.52. The number of aromatic nitrogens is 3. The van der Waals surface area contributed by atoms with Crippen molar-refractivity contribution in [2.45, 2.75) is 26.3 Å². The molecule has 0 saturated carbocycles. The van der Waals surface area contributed by atoms with Gasteiger partial charge in [-0.25, -0.2) is 14.2 Å². The molecule has 0 radical (unpaired) electrons. The minimum Gasteiger partial charge on any atom is -0.453 e. The number of hydrogen-bond acceptors (Lipinski definition) is 8. The summed E-state index contributed by atoms with van der Waals surface area (Å²) in [5, 5.41) is 8.29. The molecule has 0 spiro atoms. The van der Waals surface area contributed by atoms with E-state index in [0.29, 0.717) is 29.3 Å². The summed E-state index contributed by atoms with van der Waals surface area (Å²) in [4.78, 5) is 36.6. The van der Waals surface area contributed by atoms with Gasteiger partial charge in [0.25, 0.3) is 0 Å². The third-order valence-electron chi connectivity index (χ3n) is 6.71. The summed E-state index contributed by atoms with van der Waals surface area (Å²) in [5.74, 6) is 0.487. The molecule has 4 aromatic rings. The number of morpholine rings is 1. The molecule has 42 heavy (non-hydrogen) atoms. The Hall–Kier alpha value is -4.07. The van der Waals surface area contributed by atoms with Gasteiger partial charge in [0, 0.05) is 75.2 Å². The Kier molecular flexibility index (Phi) is 9.30. The molecule has 11 nitrogen and oxygen atoms in total. The van der Waals surface area contributed by atoms with E-state index in [0.717, 1.165) is 48.1 Å². The van der Waals surface area contributed by atoms with E-state index < -0.39 is 11.8 Å². The van der Waals surface area contributed by atoms with Gasteiger partial charge in [0.05, 0.1) is 34.7 Å². The van der Waals surface area contributed by atoms with Gasteiger partial charge in [0.1, 0.15) is 11.6 Å². The molecule has 3 amide bonds. The Morgan fingerprint density at radius 2 is 1.95 bits per heavy atom. The van der Waals surface area contributed by atoms with Crippen molar-refractivity contribution in [3.63, 3.8) is 0 Å². The first kappa shape index (κ1) is 29.4. The van der Waals surface area contributed by atoms with E-state index in [9.17, 15) is 14.0 Å². The number of halogens is 1. The maximum Gasteiger partial charge on any atom is 0.319 e. The summed E-state index contributed by atoms with van der Waals surface area (Å²) >= 11 is 1.42. The molecule has 1 aliphatic rings. The van der Waals surface area contributed by atoms with Crippen LogP contribution in [0.5, 0.6) is 11.5 Å². The highest BCUT2D eigenvalue weighted by Crippen LogP contribution is 2.39. The van der Waals surface area contributed by atoms with Crippen LogP contribution >= 0.6 is 11.3 Å². The molecule has 0 atom stereocenters. The van der Waals surface area contributed by atoms with E-state index in [1.165, 1.54) is 23.5 Å². The van der Waals surface area contributed by atoms with Crippen LogP contribution in [-0.4, -0.2) is 76.8 Å². The number of fused-ring (bicyclic) bond motifs is 1. The Morgan fingerprint density at radius 3 is 2.71 bits per heavy atom. The van der Waals surface area contributed by atoms with E-state index in [2.05, 4.69) is 30.8 Å². The van der Waals surface area contributed by atoms with Crippen molar-refractivity contribution in [3.8, 4) is 22.2 Å². The normalized spacial score (nSPS) is 13.8. The number of nitrogens with zero attached hydrogens (tertiary/aromatic N) is 4. The number of benzene rings is 1. The summed E-state index contributed by atoms with van der Waals surface area (Å²) < 4.78 is 28.8. The molecule has 3 N–H and O–H groups in total. The number of carbonyl (C=O) groups excluding carboxylic acids is 2. The van der Waals surface area contributed by atoms with E-state index in [-0.39, 0.29) is 24.1 Å². The lowest BCUT2D eigenvalue weighted by Gasteiger charge is -2.26. The van der Waals surface area contributed by atoms with E-state index in [4.69, 9.17) is 9.47 Å². The first-order valence-electron chi connectivity index (χ1n) is 13.8. The quantitative estimate of drug-likeness (QED) is 0.252. The molecular weight excluding hydrogens is 561 g/mol. The molecule has 1 aliphatic heterocycles. The summed E-state index contributed by atoms with van der Waals surface area (Å²) in [5.41, 5.74) is 1.78. The molecule has 0 bridgehead atoms. The zero-order valence-corrected chi connectivity index (χ0v) is 24.6. The van der Waals surface area contributed by atoms with Crippen LogP contribution in [0.4, 0.5) is 14.9 Å². The van der Waals surface area contributed by atoms with Crippen molar-refractivity contribution in [1.29, 1.82) is 0 Å². The number of pyridine rings is 1. The maximum atomic E-state index is 14.9. The average molecular weight is 596 g/mol. The van der Waals surface area contributed by atoms with Crippen LogP contribution in [0, 0.1) is 5.82 Å². The molecule has 3 aromatic heterocycles. The fourth-order valence-corrected chi connectivity index (χ4v) is 5.66. The first-order chi connectivity index (χ1) is 20.3. The lowest BCUT2D eigenvalue weighted by Crippen LogP contribution is -2.41. The van der Waals surface area contributed by atoms with Crippen molar-refractivity contribution in [2.24, 2.45) is 7.05 Å². The van der Waals surface area contributed by atoms with Crippen molar-refractivity contribution in [1.82, 2.24) is 30.1 Å². The predicted octanol–water partition coefficient (Wildman–Crippen LogP) is 4.15. The largest absolute Gasteiger partial charge is 0.453 e. The highest BCUT2D eigenvalue weighted by Gasteiger charge is 2.18. The molecule has 0 aliphatic carbocycles. The number of nitrogens with one attached hydrogen (secondary N) is 3. The number of carbonyl (C=O) groups is 2. The topological polar surface area (TPSA) is 123 Å². The molecule has 222 valence electrons. The molecule has 1 saturated heterocycles. The molecule has 1 fully saturated rings. The van der Waals surface area contributed by atoms with Crippen LogP contribution < -0.4 is 20.7 Å². The van der Waals surface area contributed by atoms with E-state index in [1.807, 2.05) is 31.5 Å². The highest BCUT2D eigenvalue weighted by molar-refractivity contribution is 7.22. The summed E-state index contributed by atoms with van der Waals surface area (Å²) in [7, 11) is 1.88. The smallest absolute Gasteiger partial charge is 0.319 e. The Bertz CT molecular complexity index is 1560. The number of anilines is 1. The van der Waals surface area contributed by atoms with Gasteiger partial charge in [-0.05, 0) is 32.0 Å². The second-order valence-electron chi connectivity index (χ2n) is 10.2. The van der Waals surface area contributed by atoms with Crippen molar-refractivity contribution in [2.75, 3.05) is 44.7 Å². The van der Waals surface area contributed by atoms with Crippen LogP contribution in [0.1, 0.15) is 19.5 Å². The average Bonchev–Trinajstić information content (AvgIpc) is 3.54. The molecular formula is C29H34FN7O4S. The molecule has 1 aromatic carbocycles. The Balaban J connectivity index is 1.25. The second kappa shape index (κ2) is 13.3. The van der Waals surface area contributed by atoms with Crippen LogP contribution in [0.25, 0.3) is 20.9 Å². The number of ether oxygens (including phenoxy) is 2. The van der Waals surface area contributed by atoms with Gasteiger partial charge < -0.3 is 30.0 Å².